The maximum absolute atomic E-state index is 14.5. The molecular weight excluding hydrogens is 1090 g/mol. The summed E-state index contributed by atoms with van der Waals surface area (Å²) in [5.41, 5.74) is 3.45. The van der Waals surface area contributed by atoms with Gasteiger partial charge in [0.2, 0.25) is 35.4 Å². The average molecular weight is 1180 g/mol. The highest BCUT2D eigenvalue weighted by molar-refractivity contribution is 5.98. The molecule has 8 rings (SSSR count). The van der Waals surface area contributed by atoms with Gasteiger partial charge in [0.05, 0.1) is 47.7 Å². The Labute approximate surface area is 507 Å². The lowest BCUT2D eigenvalue weighted by Gasteiger charge is -2.37. The smallest absolute Gasteiger partial charge is 0.253 e. The van der Waals surface area contributed by atoms with Crippen LogP contribution in [0, 0.1) is 11.8 Å². The molecule has 6 N–H and O–H groups in total. The number of hydrogen-bond donors (Lipinski definition) is 6. The highest BCUT2D eigenvalue weighted by atomic mass is 16.2. The number of nitrogens with zero attached hydrogens (tertiary/aromatic N) is 6. The molecule has 0 radical (unpaired) electrons. The number of pyridine rings is 2. The Kier molecular flexibility index (Phi) is 24.2. The van der Waals surface area contributed by atoms with Gasteiger partial charge in [-0.2, -0.15) is 0 Å². The number of hydrogen-bond acceptors (Lipinski definition) is 12. The summed E-state index contributed by atoms with van der Waals surface area (Å²) < 4.78 is 0. The molecule has 20 nitrogen and oxygen atoms in total. The van der Waals surface area contributed by atoms with Gasteiger partial charge >= 0.3 is 0 Å². The second kappa shape index (κ2) is 32.2. The Bertz CT molecular complexity index is 2690. The van der Waals surface area contributed by atoms with Crippen LogP contribution in [0.15, 0.2) is 97.3 Å². The van der Waals surface area contributed by atoms with E-state index >= 15 is 0 Å². The van der Waals surface area contributed by atoms with Gasteiger partial charge in [0, 0.05) is 63.7 Å². The summed E-state index contributed by atoms with van der Waals surface area (Å²) >= 11 is 0. The molecule has 2 saturated carbocycles. The molecule has 2 aromatic heterocycles. The second-order valence-electron chi connectivity index (χ2n) is 23.8. The van der Waals surface area contributed by atoms with Crippen molar-refractivity contribution in [3.8, 4) is 11.4 Å². The number of rotatable bonds is 27. The normalized spacial score (nSPS) is 18.7. The molecule has 4 fully saturated rings. The van der Waals surface area contributed by atoms with E-state index in [2.05, 4.69) is 41.9 Å². The lowest BCUT2D eigenvalue weighted by molar-refractivity contribution is -0.141. The molecule has 462 valence electrons. The topological polar surface area (TPSA) is 247 Å². The molecule has 2 aliphatic heterocycles. The Morgan fingerprint density at radius 2 is 0.884 bits per heavy atom. The largest absolute Gasteiger partial charge is 0.343 e. The van der Waals surface area contributed by atoms with Gasteiger partial charge in [-0.25, -0.2) is 0 Å². The summed E-state index contributed by atoms with van der Waals surface area (Å²) in [6, 6.07) is 23.5. The van der Waals surface area contributed by atoms with Gasteiger partial charge < -0.3 is 51.5 Å². The van der Waals surface area contributed by atoms with Gasteiger partial charge in [-0.1, -0.05) is 99.2 Å². The number of likely N-dealkylation sites (N-methyl/N-ethyl adjacent to an activating group) is 2. The standard InChI is InChI=1S/C66H90N12O8/c1-45(67-3)61(81)73-59(49-23-13-7-14-24-49)65(85)77-35-17-27-53(77)43-75(37-33-47-19-9-5-10-20-47)57(79)41-71-63(83)51-29-31-55(69-39-51)56-32-30-52(40-70-56)64(84)72-42-58(80)76(38-34-48-21-11-6-12-22-48)44-54-28-18-36-78(54)66(86)60(50-25-15-8-16-26-50)74-62(82)46(2)68-4/h5-6,9-12,19-22,29-32,39-40,45-46,49-50,53-54,59-60,67-68H,7-8,13-18,23-28,33-38,41-44H2,1-4H3,(H,71,83)(H,72,84)(H,73,81)(H,74,82)/t45-,46-,53-,54-,59-,60-/m0/s1. The summed E-state index contributed by atoms with van der Waals surface area (Å²) in [5, 5.41) is 17.7. The average Bonchev–Trinajstić information content (AvgIpc) is 3.06. The van der Waals surface area contributed by atoms with E-state index in [9.17, 15) is 38.4 Å². The van der Waals surface area contributed by atoms with Crippen molar-refractivity contribution in [2.45, 2.75) is 153 Å². The van der Waals surface area contributed by atoms with Gasteiger partial charge in [0.25, 0.3) is 11.8 Å². The van der Waals surface area contributed by atoms with E-state index < -0.39 is 36.0 Å². The first kappa shape index (κ1) is 64.4. The monoisotopic (exact) mass is 1180 g/mol. The van der Waals surface area contributed by atoms with Crippen molar-refractivity contribution in [3.63, 3.8) is 0 Å². The van der Waals surface area contributed by atoms with Crippen LogP contribution in [-0.4, -0.2) is 180 Å². The van der Waals surface area contributed by atoms with Crippen LogP contribution in [0.5, 0.6) is 0 Å². The molecule has 0 spiro atoms. The zero-order chi connectivity index (χ0) is 61.0. The van der Waals surface area contributed by atoms with Crippen LogP contribution < -0.4 is 31.9 Å². The van der Waals surface area contributed by atoms with Crippen molar-refractivity contribution in [2.24, 2.45) is 11.8 Å². The first-order chi connectivity index (χ1) is 41.7. The van der Waals surface area contributed by atoms with Crippen LogP contribution in [-0.2, 0) is 41.6 Å². The van der Waals surface area contributed by atoms with Crippen LogP contribution in [0.4, 0.5) is 0 Å². The molecule has 4 aliphatic rings. The molecule has 0 unspecified atom stereocenters. The van der Waals surface area contributed by atoms with Crippen molar-refractivity contribution in [1.29, 1.82) is 0 Å². The van der Waals surface area contributed by atoms with Crippen molar-refractivity contribution in [2.75, 3.05) is 66.5 Å². The Balaban J connectivity index is 0.863. The molecule has 86 heavy (non-hydrogen) atoms. The van der Waals surface area contributed by atoms with Crippen LogP contribution >= 0.6 is 0 Å². The Morgan fingerprint density at radius 3 is 1.23 bits per heavy atom. The van der Waals surface area contributed by atoms with Gasteiger partial charge in [-0.3, -0.25) is 48.3 Å². The number of aromatic nitrogens is 2. The summed E-state index contributed by atoms with van der Waals surface area (Å²) in [4.78, 5) is 127. The molecule has 2 aromatic carbocycles. The molecule has 2 aliphatic carbocycles. The molecule has 20 heteroatoms. The van der Waals surface area contributed by atoms with E-state index in [-0.39, 0.29) is 96.7 Å². The fourth-order valence-corrected chi connectivity index (χ4v) is 12.6. The number of carbonyl (C=O) groups is 8. The van der Waals surface area contributed by atoms with E-state index in [1.807, 2.05) is 70.5 Å². The predicted octanol–water partition coefficient (Wildman–Crippen LogP) is 5.07. The Hall–Kier alpha value is -7.58. The third-order valence-electron chi connectivity index (χ3n) is 18.1. The van der Waals surface area contributed by atoms with Crippen molar-refractivity contribution < 1.29 is 38.4 Å². The number of nitrogens with one attached hydrogen (secondary N) is 6. The van der Waals surface area contributed by atoms with Crippen LogP contribution in [0.25, 0.3) is 11.4 Å². The SMILES string of the molecule is CN[C@@H](C)C(=O)N[C@H](C(=O)N1CCC[C@H]1CN(CCc1ccccc1)C(=O)CNC(=O)c1ccc(-c2ccc(C(=O)NCC(=O)N(CCc3ccccc3)C[C@@H]3CCCN3C(=O)[C@@H](NC(=O)[C@H](C)NC)C3CCCCC3)cn2)nc1)C1CCCCC1. The van der Waals surface area contributed by atoms with Crippen LogP contribution in [0.1, 0.15) is 136 Å². The molecular formula is C66H90N12O8. The van der Waals surface area contributed by atoms with Crippen LogP contribution in [0.3, 0.4) is 0 Å². The van der Waals surface area contributed by atoms with Gasteiger partial charge in [0.15, 0.2) is 0 Å². The predicted molar refractivity (Wildman–Crippen MR) is 329 cm³/mol. The molecule has 4 aromatic rings. The highest BCUT2D eigenvalue weighted by Crippen LogP contribution is 2.32. The van der Waals surface area contributed by atoms with Gasteiger partial charge in [-0.15, -0.1) is 0 Å². The van der Waals surface area contributed by atoms with E-state index in [1.54, 1.807) is 62.0 Å². The maximum Gasteiger partial charge on any atom is 0.253 e. The third kappa shape index (κ3) is 17.8. The van der Waals surface area contributed by atoms with E-state index in [0.717, 1.165) is 88.2 Å². The van der Waals surface area contributed by atoms with E-state index in [4.69, 9.17) is 0 Å². The molecule has 4 heterocycles. The Morgan fingerprint density at radius 1 is 0.500 bits per heavy atom. The first-order valence-electron chi connectivity index (χ1n) is 31.4. The maximum atomic E-state index is 14.5. The second-order valence-corrected chi connectivity index (χ2v) is 23.8. The summed E-state index contributed by atoms with van der Waals surface area (Å²) in [6.45, 7) is 5.39. The van der Waals surface area contributed by atoms with Gasteiger partial charge in [0.1, 0.15) is 12.1 Å². The third-order valence-corrected chi connectivity index (χ3v) is 18.1. The zero-order valence-electron chi connectivity index (χ0n) is 50.8. The van der Waals surface area contributed by atoms with Gasteiger partial charge in [-0.05, 0) is 139 Å². The van der Waals surface area contributed by atoms with Crippen molar-refractivity contribution in [3.05, 3.63) is 120 Å². The molecule has 6 atom stereocenters. The molecule has 0 bridgehead atoms. The molecule has 2 saturated heterocycles. The van der Waals surface area contributed by atoms with E-state index in [1.165, 1.54) is 12.4 Å². The lowest BCUT2D eigenvalue weighted by atomic mass is 9.83. The molecule has 8 amide bonds. The number of benzene rings is 2. The minimum absolute atomic E-state index is 0.0401. The highest BCUT2D eigenvalue weighted by Gasteiger charge is 2.41. The fraction of sp³-hybridized carbons (Fsp3) is 0.545. The van der Waals surface area contributed by atoms with Crippen molar-refractivity contribution in [1.82, 2.24) is 61.5 Å². The first-order valence-corrected chi connectivity index (χ1v) is 31.4. The summed E-state index contributed by atoms with van der Waals surface area (Å²) in [5.74, 6) is -2.12. The minimum atomic E-state index is -0.644. The minimum Gasteiger partial charge on any atom is -0.343 e. The summed E-state index contributed by atoms with van der Waals surface area (Å²) in [7, 11) is 3.44. The fourth-order valence-electron chi connectivity index (χ4n) is 12.6. The quantitative estimate of drug-likeness (QED) is 0.0458. The van der Waals surface area contributed by atoms with Crippen molar-refractivity contribution >= 4 is 47.3 Å². The van der Waals surface area contributed by atoms with Crippen LogP contribution in [0.2, 0.25) is 0 Å². The lowest BCUT2D eigenvalue weighted by Crippen LogP contribution is -2.57. The van der Waals surface area contributed by atoms with E-state index in [0.29, 0.717) is 63.3 Å². The number of carbonyl (C=O) groups excluding carboxylic acids is 8. The number of likely N-dealkylation sites (tertiary alicyclic amines) is 2. The number of amides is 8. The summed E-state index contributed by atoms with van der Waals surface area (Å²) in [6.07, 6.45) is 16.7. The zero-order valence-corrected chi connectivity index (χ0v) is 50.8.